The van der Waals surface area contributed by atoms with Crippen LogP contribution in [0.1, 0.15) is 31.7 Å². The molecule has 120 valence electrons. The highest BCUT2D eigenvalue weighted by molar-refractivity contribution is 5.81. The van der Waals surface area contributed by atoms with Crippen LogP contribution in [0.3, 0.4) is 0 Å². The summed E-state index contributed by atoms with van der Waals surface area (Å²) in [6, 6.07) is 4.48. The molecule has 1 amide bonds. The fourth-order valence-electron chi connectivity index (χ4n) is 3.16. The van der Waals surface area contributed by atoms with Gasteiger partial charge in [0.2, 0.25) is 5.91 Å². The summed E-state index contributed by atoms with van der Waals surface area (Å²) in [5.74, 6) is -0.714. The normalized spacial score (nSPS) is 25.3. The number of carbonyl (C=O) groups excluding carboxylic acids is 1. The van der Waals surface area contributed by atoms with Crippen LogP contribution in [-0.2, 0) is 11.3 Å². The SMILES string of the molecule is C[C@H]1CN(C(=O)C2CC2)CC[C@H]1NCc1cccc(F)c1F. The van der Waals surface area contributed by atoms with Gasteiger partial charge in [0.15, 0.2) is 11.6 Å². The smallest absolute Gasteiger partial charge is 0.225 e. The van der Waals surface area contributed by atoms with Gasteiger partial charge in [0.1, 0.15) is 0 Å². The summed E-state index contributed by atoms with van der Waals surface area (Å²) >= 11 is 0. The molecule has 1 aromatic carbocycles. The summed E-state index contributed by atoms with van der Waals surface area (Å²) in [7, 11) is 0. The Bertz CT molecular complexity index is 560. The first-order chi connectivity index (χ1) is 10.6. The number of rotatable bonds is 4. The molecule has 1 N–H and O–H groups in total. The Morgan fingerprint density at radius 3 is 2.77 bits per heavy atom. The first-order valence-corrected chi connectivity index (χ1v) is 8.01. The van der Waals surface area contributed by atoms with Crippen molar-refractivity contribution in [2.75, 3.05) is 13.1 Å². The zero-order valence-corrected chi connectivity index (χ0v) is 12.8. The van der Waals surface area contributed by atoms with Crippen LogP contribution in [0.25, 0.3) is 0 Å². The lowest BCUT2D eigenvalue weighted by atomic mass is 9.93. The van der Waals surface area contributed by atoms with E-state index in [4.69, 9.17) is 0 Å². The summed E-state index contributed by atoms with van der Waals surface area (Å²) in [6.45, 7) is 3.92. The highest BCUT2D eigenvalue weighted by atomic mass is 19.2. The minimum absolute atomic E-state index is 0.228. The molecule has 3 rings (SSSR count). The van der Waals surface area contributed by atoms with E-state index in [-0.39, 0.29) is 12.0 Å². The van der Waals surface area contributed by atoms with Gasteiger partial charge in [-0.1, -0.05) is 19.1 Å². The number of benzene rings is 1. The largest absolute Gasteiger partial charge is 0.342 e. The molecule has 0 spiro atoms. The van der Waals surface area contributed by atoms with Crippen molar-refractivity contribution in [3.05, 3.63) is 35.4 Å². The van der Waals surface area contributed by atoms with Crippen molar-refractivity contribution in [1.82, 2.24) is 10.2 Å². The molecule has 1 aliphatic heterocycles. The van der Waals surface area contributed by atoms with Gasteiger partial charge in [-0.3, -0.25) is 4.79 Å². The third-order valence-electron chi connectivity index (χ3n) is 4.73. The van der Waals surface area contributed by atoms with Gasteiger partial charge >= 0.3 is 0 Å². The predicted octanol–water partition coefficient (Wildman–Crippen LogP) is 2.70. The molecule has 0 bridgehead atoms. The van der Waals surface area contributed by atoms with E-state index in [1.165, 1.54) is 6.07 Å². The maximum absolute atomic E-state index is 13.6. The van der Waals surface area contributed by atoms with E-state index < -0.39 is 11.6 Å². The lowest BCUT2D eigenvalue weighted by Gasteiger charge is -2.37. The first kappa shape index (κ1) is 15.4. The molecule has 3 nitrogen and oxygen atoms in total. The highest BCUT2D eigenvalue weighted by Crippen LogP contribution is 2.32. The van der Waals surface area contributed by atoms with Crippen LogP contribution < -0.4 is 5.32 Å². The number of amides is 1. The van der Waals surface area contributed by atoms with Gasteiger partial charge in [-0.05, 0) is 31.2 Å². The maximum atomic E-state index is 13.6. The lowest BCUT2D eigenvalue weighted by molar-refractivity contribution is -0.134. The first-order valence-electron chi connectivity index (χ1n) is 8.01. The Balaban J connectivity index is 1.53. The minimum Gasteiger partial charge on any atom is -0.342 e. The summed E-state index contributed by atoms with van der Waals surface area (Å²) in [5, 5.41) is 3.32. The van der Waals surface area contributed by atoms with Crippen molar-refractivity contribution in [2.24, 2.45) is 11.8 Å². The number of nitrogens with zero attached hydrogens (tertiary/aromatic N) is 1. The van der Waals surface area contributed by atoms with Crippen LogP contribution >= 0.6 is 0 Å². The van der Waals surface area contributed by atoms with Crippen LogP contribution in [0.2, 0.25) is 0 Å². The van der Waals surface area contributed by atoms with Crippen molar-refractivity contribution in [1.29, 1.82) is 0 Å². The van der Waals surface area contributed by atoms with E-state index in [9.17, 15) is 13.6 Å². The third-order valence-corrected chi connectivity index (χ3v) is 4.73. The molecule has 0 radical (unpaired) electrons. The molecular formula is C17H22F2N2O. The number of carbonyl (C=O) groups is 1. The van der Waals surface area contributed by atoms with Crippen LogP contribution in [0.5, 0.6) is 0 Å². The van der Waals surface area contributed by atoms with Crippen molar-refractivity contribution >= 4 is 5.91 Å². The molecular weight excluding hydrogens is 286 g/mol. The van der Waals surface area contributed by atoms with Gasteiger partial charge in [-0.2, -0.15) is 0 Å². The monoisotopic (exact) mass is 308 g/mol. The Morgan fingerprint density at radius 1 is 1.32 bits per heavy atom. The topological polar surface area (TPSA) is 32.3 Å². The Hall–Kier alpha value is -1.49. The van der Waals surface area contributed by atoms with Gasteiger partial charge in [-0.25, -0.2) is 8.78 Å². The second kappa shape index (κ2) is 6.32. The van der Waals surface area contributed by atoms with E-state index in [2.05, 4.69) is 12.2 Å². The average Bonchev–Trinajstić information content (AvgIpc) is 3.34. The molecule has 2 atom stereocenters. The number of likely N-dealkylation sites (tertiary alicyclic amines) is 1. The average molecular weight is 308 g/mol. The van der Waals surface area contributed by atoms with Gasteiger partial charge in [0, 0.05) is 37.2 Å². The molecule has 2 fully saturated rings. The number of piperidine rings is 1. The third kappa shape index (κ3) is 3.29. The lowest BCUT2D eigenvalue weighted by Crippen LogP contribution is -2.50. The van der Waals surface area contributed by atoms with E-state index in [0.717, 1.165) is 38.4 Å². The van der Waals surface area contributed by atoms with Crippen LogP contribution in [-0.4, -0.2) is 29.9 Å². The Morgan fingerprint density at radius 2 is 2.09 bits per heavy atom. The summed E-state index contributed by atoms with van der Waals surface area (Å²) in [4.78, 5) is 14.0. The standard InChI is InChI=1S/C17H22F2N2O/c1-11-10-21(17(22)12-5-6-12)8-7-15(11)20-9-13-3-2-4-14(18)16(13)19/h2-4,11-12,15,20H,5-10H2,1H3/t11-,15+/m0/s1. The Labute approximate surface area is 129 Å². The quantitative estimate of drug-likeness (QED) is 0.927. The van der Waals surface area contributed by atoms with Crippen LogP contribution in [0.4, 0.5) is 8.78 Å². The van der Waals surface area contributed by atoms with E-state index in [0.29, 0.717) is 23.9 Å². The zero-order chi connectivity index (χ0) is 15.7. The molecule has 0 aromatic heterocycles. The van der Waals surface area contributed by atoms with E-state index >= 15 is 0 Å². The molecule has 0 unspecified atom stereocenters. The van der Waals surface area contributed by atoms with Crippen molar-refractivity contribution in [2.45, 2.75) is 38.8 Å². The predicted molar refractivity (Wildman–Crippen MR) is 80.1 cm³/mol. The van der Waals surface area contributed by atoms with Crippen molar-refractivity contribution in [3.63, 3.8) is 0 Å². The second-order valence-electron chi connectivity index (χ2n) is 6.52. The zero-order valence-electron chi connectivity index (χ0n) is 12.8. The summed E-state index contributed by atoms with van der Waals surface area (Å²) in [6.07, 6.45) is 2.92. The fourth-order valence-corrected chi connectivity index (χ4v) is 3.16. The molecule has 5 heteroatoms. The second-order valence-corrected chi connectivity index (χ2v) is 6.52. The number of nitrogens with one attached hydrogen (secondary N) is 1. The van der Waals surface area contributed by atoms with Gasteiger partial charge < -0.3 is 10.2 Å². The van der Waals surface area contributed by atoms with E-state index in [1.807, 2.05) is 4.90 Å². The number of halogens is 2. The Kier molecular flexibility index (Phi) is 4.43. The number of hydrogen-bond acceptors (Lipinski definition) is 2. The van der Waals surface area contributed by atoms with Crippen LogP contribution in [0.15, 0.2) is 18.2 Å². The van der Waals surface area contributed by atoms with Crippen LogP contribution in [0, 0.1) is 23.5 Å². The number of hydrogen-bond donors (Lipinski definition) is 1. The molecule has 1 aliphatic carbocycles. The molecule has 2 aliphatic rings. The molecule has 1 aromatic rings. The molecule has 1 heterocycles. The summed E-state index contributed by atoms with van der Waals surface area (Å²) in [5.41, 5.74) is 0.351. The van der Waals surface area contributed by atoms with Crippen molar-refractivity contribution < 1.29 is 13.6 Å². The fraction of sp³-hybridized carbons (Fsp3) is 0.588. The molecule has 1 saturated heterocycles. The van der Waals surface area contributed by atoms with Gasteiger partial charge in [0.05, 0.1) is 0 Å². The maximum Gasteiger partial charge on any atom is 0.225 e. The van der Waals surface area contributed by atoms with Gasteiger partial charge in [0.25, 0.3) is 0 Å². The minimum atomic E-state index is -0.808. The molecule has 1 saturated carbocycles. The van der Waals surface area contributed by atoms with Crippen molar-refractivity contribution in [3.8, 4) is 0 Å². The van der Waals surface area contributed by atoms with E-state index in [1.54, 1.807) is 6.07 Å². The summed E-state index contributed by atoms with van der Waals surface area (Å²) < 4.78 is 26.8. The van der Waals surface area contributed by atoms with Gasteiger partial charge in [-0.15, -0.1) is 0 Å². The molecule has 22 heavy (non-hydrogen) atoms. The highest BCUT2D eigenvalue weighted by Gasteiger charge is 2.36.